The maximum Gasteiger partial charge on any atom is 0.224 e. The minimum atomic E-state index is 0.146. The number of benzene rings is 1. The van der Waals surface area contributed by atoms with E-state index in [1.165, 1.54) is 11.9 Å². The van der Waals surface area contributed by atoms with Crippen LogP contribution in [-0.4, -0.2) is 17.0 Å². The first kappa shape index (κ1) is 13.3. The first-order valence-corrected chi connectivity index (χ1v) is 6.27. The van der Waals surface area contributed by atoms with E-state index >= 15 is 0 Å². The van der Waals surface area contributed by atoms with E-state index in [-0.39, 0.29) is 5.41 Å². The number of aromatic nitrogens is 2. The van der Waals surface area contributed by atoms with Crippen molar-refractivity contribution in [1.29, 1.82) is 0 Å². The van der Waals surface area contributed by atoms with Gasteiger partial charge in [-0.1, -0.05) is 32.9 Å². The maximum absolute atomic E-state index is 5.70. The molecule has 4 nitrogen and oxygen atoms in total. The van der Waals surface area contributed by atoms with Gasteiger partial charge in [0.05, 0.1) is 0 Å². The second kappa shape index (κ2) is 5.26. The van der Waals surface area contributed by atoms with Crippen LogP contribution in [0.4, 0.5) is 5.82 Å². The fraction of sp³-hybridized carbons (Fsp3) is 0.333. The molecule has 0 atom stereocenters. The summed E-state index contributed by atoms with van der Waals surface area (Å²) in [7, 11) is 1.81. The van der Waals surface area contributed by atoms with Gasteiger partial charge in [0, 0.05) is 13.1 Å². The van der Waals surface area contributed by atoms with Crippen molar-refractivity contribution in [3.05, 3.63) is 42.2 Å². The minimum absolute atomic E-state index is 0.146. The smallest absolute Gasteiger partial charge is 0.224 e. The normalized spacial score (nSPS) is 11.2. The van der Waals surface area contributed by atoms with Crippen LogP contribution >= 0.6 is 0 Å². The lowest BCUT2D eigenvalue weighted by Crippen LogP contribution is -2.10. The van der Waals surface area contributed by atoms with Crippen molar-refractivity contribution in [2.45, 2.75) is 26.2 Å². The van der Waals surface area contributed by atoms with Gasteiger partial charge in [0.25, 0.3) is 0 Å². The Labute approximate surface area is 113 Å². The Kier molecular flexibility index (Phi) is 3.69. The van der Waals surface area contributed by atoms with Crippen LogP contribution in [0.5, 0.6) is 11.6 Å². The lowest BCUT2D eigenvalue weighted by atomic mass is 9.87. The number of rotatable bonds is 3. The Morgan fingerprint density at radius 1 is 1.05 bits per heavy atom. The molecule has 0 aliphatic heterocycles. The topological polar surface area (TPSA) is 47.0 Å². The van der Waals surface area contributed by atoms with Gasteiger partial charge < -0.3 is 10.1 Å². The molecule has 0 aliphatic rings. The molecule has 0 saturated carbocycles. The van der Waals surface area contributed by atoms with E-state index in [4.69, 9.17) is 4.74 Å². The maximum atomic E-state index is 5.70. The largest absolute Gasteiger partial charge is 0.439 e. The summed E-state index contributed by atoms with van der Waals surface area (Å²) in [5.74, 6) is 2.04. The van der Waals surface area contributed by atoms with Crippen molar-refractivity contribution < 1.29 is 4.74 Å². The first-order valence-electron chi connectivity index (χ1n) is 6.27. The minimum Gasteiger partial charge on any atom is -0.439 e. The van der Waals surface area contributed by atoms with Crippen LogP contribution in [0.2, 0.25) is 0 Å². The molecule has 2 aromatic rings. The van der Waals surface area contributed by atoms with Gasteiger partial charge in [-0.15, -0.1) is 0 Å². The highest BCUT2D eigenvalue weighted by Crippen LogP contribution is 2.26. The van der Waals surface area contributed by atoms with Gasteiger partial charge in [-0.25, -0.2) is 9.97 Å². The lowest BCUT2D eigenvalue weighted by Gasteiger charge is -2.19. The third kappa shape index (κ3) is 3.44. The lowest BCUT2D eigenvalue weighted by molar-refractivity contribution is 0.461. The number of hydrogen-bond donors (Lipinski definition) is 1. The highest BCUT2D eigenvalue weighted by atomic mass is 16.5. The summed E-state index contributed by atoms with van der Waals surface area (Å²) in [6.07, 6.45) is 1.48. The molecule has 0 saturated heterocycles. The summed E-state index contributed by atoms with van der Waals surface area (Å²) >= 11 is 0. The summed E-state index contributed by atoms with van der Waals surface area (Å²) in [5, 5.41) is 2.95. The number of anilines is 1. The Morgan fingerprint density at radius 3 is 2.32 bits per heavy atom. The fourth-order valence-corrected chi connectivity index (χ4v) is 1.68. The molecular formula is C15H19N3O. The molecular weight excluding hydrogens is 238 g/mol. The van der Waals surface area contributed by atoms with Gasteiger partial charge in [-0.3, -0.25) is 0 Å². The Bertz CT molecular complexity index is 544. The number of ether oxygens (including phenoxy) is 1. The fourth-order valence-electron chi connectivity index (χ4n) is 1.68. The average molecular weight is 257 g/mol. The molecule has 0 spiro atoms. The van der Waals surface area contributed by atoms with Gasteiger partial charge in [0.1, 0.15) is 17.9 Å². The van der Waals surface area contributed by atoms with E-state index in [2.05, 4.69) is 48.2 Å². The molecule has 1 N–H and O–H groups in total. The molecule has 100 valence electrons. The summed E-state index contributed by atoms with van der Waals surface area (Å²) in [5.41, 5.74) is 1.42. The number of hydrogen-bond acceptors (Lipinski definition) is 4. The van der Waals surface area contributed by atoms with E-state index in [0.717, 1.165) is 11.6 Å². The third-order valence-corrected chi connectivity index (χ3v) is 2.84. The average Bonchev–Trinajstić information content (AvgIpc) is 2.38. The molecule has 1 aromatic heterocycles. The molecule has 4 heteroatoms. The van der Waals surface area contributed by atoms with E-state index in [0.29, 0.717) is 5.88 Å². The first-order chi connectivity index (χ1) is 8.99. The standard InChI is InChI=1S/C15H19N3O/c1-15(2,3)11-5-7-12(8-6-11)19-14-9-13(16-4)17-10-18-14/h5-10H,1-4H3,(H,16,17,18). The van der Waals surface area contributed by atoms with E-state index < -0.39 is 0 Å². The van der Waals surface area contributed by atoms with E-state index in [9.17, 15) is 0 Å². The van der Waals surface area contributed by atoms with Crippen LogP contribution in [0, 0.1) is 0 Å². The predicted molar refractivity (Wildman–Crippen MR) is 76.8 cm³/mol. The van der Waals surface area contributed by atoms with Crippen LogP contribution < -0.4 is 10.1 Å². The zero-order valence-electron chi connectivity index (χ0n) is 11.8. The molecule has 0 radical (unpaired) electrons. The zero-order valence-corrected chi connectivity index (χ0v) is 11.8. The Hall–Kier alpha value is -2.10. The third-order valence-electron chi connectivity index (χ3n) is 2.84. The van der Waals surface area contributed by atoms with Crippen molar-refractivity contribution in [3.63, 3.8) is 0 Å². The second-order valence-electron chi connectivity index (χ2n) is 5.37. The van der Waals surface area contributed by atoms with Crippen LogP contribution in [0.3, 0.4) is 0 Å². The Morgan fingerprint density at radius 2 is 1.74 bits per heavy atom. The van der Waals surface area contributed by atoms with Gasteiger partial charge in [0.15, 0.2) is 0 Å². The molecule has 0 bridgehead atoms. The molecule has 0 aliphatic carbocycles. The van der Waals surface area contributed by atoms with Crippen molar-refractivity contribution in [3.8, 4) is 11.6 Å². The van der Waals surface area contributed by atoms with Crippen LogP contribution in [0.25, 0.3) is 0 Å². The number of nitrogens with zero attached hydrogens (tertiary/aromatic N) is 2. The van der Waals surface area contributed by atoms with Crippen molar-refractivity contribution >= 4 is 5.82 Å². The highest BCUT2D eigenvalue weighted by Gasteiger charge is 2.13. The zero-order chi connectivity index (χ0) is 13.9. The highest BCUT2D eigenvalue weighted by molar-refractivity contribution is 5.39. The summed E-state index contributed by atoms with van der Waals surface area (Å²) < 4.78 is 5.70. The van der Waals surface area contributed by atoms with Gasteiger partial charge >= 0.3 is 0 Å². The Balaban J connectivity index is 2.15. The van der Waals surface area contributed by atoms with Crippen LogP contribution in [0.15, 0.2) is 36.7 Å². The number of nitrogens with one attached hydrogen (secondary N) is 1. The predicted octanol–water partition coefficient (Wildman–Crippen LogP) is 3.61. The molecule has 0 amide bonds. The molecule has 0 fully saturated rings. The van der Waals surface area contributed by atoms with Gasteiger partial charge in [-0.2, -0.15) is 0 Å². The monoisotopic (exact) mass is 257 g/mol. The SMILES string of the molecule is CNc1cc(Oc2ccc(C(C)(C)C)cc2)ncn1. The van der Waals surface area contributed by atoms with Crippen molar-refractivity contribution in [2.24, 2.45) is 0 Å². The van der Waals surface area contributed by atoms with Crippen molar-refractivity contribution in [2.75, 3.05) is 12.4 Å². The van der Waals surface area contributed by atoms with Crippen LogP contribution in [-0.2, 0) is 5.41 Å². The quantitative estimate of drug-likeness (QED) is 0.912. The molecule has 1 heterocycles. The molecule has 19 heavy (non-hydrogen) atoms. The summed E-state index contributed by atoms with van der Waals surface area (Å²) in [6, 6.07) is 9.84. The van der Waals surface area contributed by atoms with E-state index in [1.54, 1.807) is 6.07 Å². The molecule has 0 unspecified atom stereocenters. The summed E-state index contributed by atoms with van der Waals surface area (Å²) in [6.45, 7) is 6.56. The van der Waals surface area contributed by atoms with Gasteiger partial charge in [0.2, 0.25) is 5.88 Å². The van der Waals surface area contributed by atoms with Crippen LogP contribution in [0.1, 0.15) is 26.3 Å². The van der Waals surface area contributed by atoms with Crippen molar-refractivity contribution in [1.82, 2.24) is 9.97 Å². The second-order valence-corrected chi connectivity index (χ2v) is 5.37. The molecule has 1 aromatic carbocycles. The molecule has 2 rings (SSSR count). The summed E-state index contributed by atoms with van der Waals surface area (Å²) in [4.78, 5) is 8.12. The van der Waals surface area contributed by atoms with E-state index in [1.807, 2.05) is 19.2 Å². The van der Waals surface area contributed by atoms with Gasteiger partial charge in [-0.05, 0) is 23.1 Å².